The maximum Gasteiger partial charge on any atom is 0.226 e. The van der Waals surface area contributed by atoms with E-state index in [4.69, 9.17) is 16.3 Å². The Morgan fingerprint density at radius 2 is 1.91 bits per heavy atom. The highest BCUT2D eigenvalue weighted by atomic mass is 35.5. The van der Waals surface area contributed by atoms with Gasteiger partial charge >= 0.3 is 0 Å². The van der Waals surface area contributed by atoms with Crippen LogP contribution in [0.25, 0.3) is 0 Å². The van der Waals surface area contributed by atoms with Crippen molar-refractivity contribution in [2.45, 2.75) is 26.8 Å². The number of aryl methyl sites for hydroxylation is 2. The Morgan fingerprint density at radius 3 is 2.65 bits per heavy atom. The third kappa shape index (κ3) is 5.00. The van der Waals surface area contributed by atoms with Crippen LogP contribution < -0.4 is 4.74 Å². The molecule has 4 heteroatoms. The lowest BCUT2D eigenvalue weighted by Crippen LogP contribution is -2.27. The second-order valence-electron chi connectivity index (χ2n) is 5.71. The highest BCUT2D eigenvalue weighted by molar-refractivity contribution is 6.31. The number of ether oxygens (including phenoxy) is 1. The Bertz CT molecular complexity index is 685. The van der Waals surface area contributed by atoms with Gasteiger partial charge in [-0.3, -0.25) is 4.79 Å². The molecule has 0 saturated heterocycles. The van der Waals surface area contributed by atoms with Gasteiger partial charge in [0.15, 0.2) is 0 Å². The van der Waals surface area contributed by atoms with Gasteiger partial charge in [-0.2, -0.15) is 0 Å². The molecule has 0 unspecified atom stereocenters. The van der Waals surface area contributed by atoms with E-state index in [9.17, 15) is 4.79 Å². The molecule has 0 N–H and O–H groups in total. The van der Waals surface area contributed by atoms with E-state index in [-0.39, 0.29) is 5.91 Å². The fourth-order valence-corrected chi connectivity index (χ4v) is 2.47. The van der Waals surface area contributed by atoms with E-state index < -0.39 is 0 Å². The van der Waals surface area contributed by atoms with Crippen LogP contribution in [-0.2, 0) is 11.3 Å². The van der Waals surface area contributed by atoms with Crippen molar-refractivity contribution in [2.24, 2.45) is 0 Å². The van der Waals surface area contributed by atoms with E-state index in [2.05, 4.69) is 0 Å². The summed E-state index contributed by atoms with van der Waals surface area (Å²) in [4.78, 5) is 13.9. The standard InChI is InChI=1S/C19H22ClNO2/c1-14-8-9-15(2)18(12-14)23-11-10-19(22)21(3)13-16-6-4-5-7-17(16)20/h4-9,12H,10-11,13H2,1-3H3. The average Bonchev–Trinajstić information content (AvgIpc) is 2.52. The van der Waals surface area contributed by atoms with Gasteiger partial charge in [0.1, 0.15) is 5.75 Å². The normalized spacial score (nSPS) is 10.4. The molecule has 3 nitrogen and oxygen atoms in total. The van der Waals surface area contributed by atoms with E-state index >= 15 is 0 Å². The van der Waals surface area contributed by atoms with Crippen molar-refractivity contribution in [2.75, 3.05) is 13.7 Å². The molecule has 122 valence electrons. The molecule has 1 amide bonds. The smallest absolute Gasteiger partial charge is 0.226 e. The Morgan fingerprint density at radius 1 is 1.17 bits per heavy atom. The minimum Gasteiger partial charge on any atom is -0.493 e. The molecule has 23 heavy (non-hydrogen) atoms. The zero-order valence-electron chi connectivity index (χ0n) is 13.8. The first kappa shape index (κ1) is 17.4. The minimum absolute atomic E-state index is 0.0372. The monoisotopic (exact) mass is 331 g/mol. The van der Waals surface area contributed by atoms with Crippen molar-refractivity contribution in [3.63, 3.8) is 0 Å². The maximum atomic E-state index is 12.2. The maximum absolute atomic E-state index is 12.2. The molecule has 2 aromatic rings. The Labute approximate surface area is 142 Å². The number of hydrogen-bond donors (Lipinski definition) is 0. The summed E-state index contributed by atoms with van der Waals surface area (Å²) in [6.07, 6.45) is 0.342. The van der Waals surface area contributed by atoms with Crippen LogP contribution in [0.5, 0.6) is 5.75 Å². The summed E-state index contributed by atoms with van der Waals surface area (Å²) in [5.74, 6) is 0.877. The summed E-state index contributed by atoms with van der Waals surface area (Å²) in [5, 5.41) is 0.679. The molecular formula is C19H22ClNO2. The van der Waals surface area contributed by atoms with Gasteiger partial charge in [0.2, 0.25) is 5.91 Å². The van der Waals surface area contributed by atoms with Crippen LogP contribution in [0.2, 0.25) is 5.02 Å². The summed E-state index contributed by atoms with van der Waals surface area (Å²) in [7, 11) is 1.78. The molecule has 0 atom stereocenters. The van der Waals surface area contributed by atoms with Gasteiger partial charge in [0, 0.05) is 18.6 Å². The molecule has 2 aromatic carbocycles. The van der Waals surface area contributed by atoms with Gasteiger partial charge in [-0.15, -0.1) is 0 Å². The second-order valence-corrected chi connectivity index (χ2v) is 6.12. The first-order valence-electron chi connectivity index (χ1n) is 7.65. The van der Waals surface area contributed by atoms with Crippen LogP contribution in [0.15, 0.2) is 42.5 Å². The molecule has 0 fully saturated rings. The van der Waals surface area contributed by atoms with Crippen LogP contribution in [0, 0.1) is 13.8 Å². The predicted molar refractivity (Wildman–Crippen MR) is 94.0 cm³/mol. The van der Waals surface area contributed by atoms with Crippen LogP contribution in [0.1, 0.15) is 23.1 Å². The highest BCUT2D eigenvalue weighted by Crippen LogP contribution is 2.20. The third-order valence-corrected chi connectivity index (χ3v) is 4.08. The van der Waals surface area contributed by atoms with Crippen LogP contribution in [0.3, 0.4) is 0 Å². The molecule has 0 aromatic heterocycles. The summed E-state index contributed by atoms with van der Waals surface area (Å²) < 4.78 is 5.74. The van der Waals surface area contributed by atoms with Gasteiger partial charge in [-0.05, 0) is 42.7 Å². The molecule has 0 heterocycles. The zero-order chi connectivity index (χ0) is 16.8. The van der Waals surface area contributed by atoms with E-state index in [1.54, 1.807) is 11.9 Å². The third-order valence-electron chi connectivity index (χ3n) is 3.71. The quantitative estimate of drug-likeness (QED) is 0.786. The van der Waals surface area contributed by atoms with Gasteiger partial charge in [-0.1, -0.05) is 41.9 Å². The van der Waals surface area contributed by atoms with Crippen molar-refractivity contribution in [1.29, 1.82) is 0 Å². The van der Waals surface area contributed by atoms with E-state index in [1.165, 1.54) is 0 Å². The van der Waals surface area contributed by atoms with E-state index in [0.717, 1.165) is 22.4 Å². The summed E-state index contributed by atoms with van der Waals surface area (Å²) in [5.41, 5.74) is 3.17. The topological polar surface area (TPSA) is 29.5 Å². The fraction of sp³-hybridized carbons (Fsp3) is 0.316. The number of halogens is 1. The second kappa shape index (κ2) is 8.02. The molecular weight excluding hydrogens is 310 g/mol. The van der Waals surface area contributed by atoms with Crippen LogP contribution >= 0.6 is 11.6 Å². The van der Waals surface area contributed by atoms with Crippen molar-refractivity contribution in [3.8, 4) is 5.75 Å². The average molecular weight is 332 g/mol. The number of carbonyl (C=O) groups is 1. The SMILES string of the molecule is Cc1ccc(C)c(OCCC(=O)N(C)Cc2ccccc2Cl)c1. The highest BCUT2D eigenvalue weighted by Gasteiger charge is 2.11. The molecule has 0 aliphatic heterocycles. The largest absolute Gasteiger partial charge is 0.493 e. The number of hydrogen-bond acceptors (Lipinski definition) is 2. The van der Waals surface area contributed by atoms with Crippen LogP contribution in [-0.4, -0.2) is 24.5 Å². The van der Waals surface area contributed by atoms with Gasteiger partial charge in [0.25, 0.3) is 0 Å². The Balaban J connectivity index is 1.84. The number of rotatable bonds is 6. The van der Waals surface area contributed by atoms with Gasteiger partial charge in [-0.25, -0.2) is 0 Å². The van der Waals surface area contributed by atoms with Crippen molar-refractivity contribution in [3.05, 3.63) is 64.2 Å². The summed E-state index contributed by atoms with van der Waals surface area (Å²) >= 11 is 6.13. The van der Waals surface area contributed by atoms with E-state index in [0.29, 0.717) is 24.6 Å². The van der Waals surface area contributed by atoms with Crippen molar-refractivity contribution >= 4 is 17.5 Å². The van der Waals surface area contributed by atoms with Gasteiger partial charge in [0.05, 0.1) is 13.0 Å². The molecule has 0 bridgehead atoms. The van der Waals surface area contributed by atoms with E-state index in [1.807, 2.05) is 56.3 Å². The summed E-state index contributed by atoms with van der Waals surface area (Å²) in [6, 6.07) is 13.6. The molecule has 0 saturated carbocycles. The lowest BCUT2D eigenvalue weighted by molar-refractivity contribution is -0.130. The molecule has 0 aliphatic rings. The van der Waals surface area contributed by atoms with Gasteiger partial charge < -0.3 is 9.64 Å². The van der Waals surface area contributed by atoms with Crippen molar-refractivity contribution < 1.29 is 9.53 Å². The minimum atomic E-state index is 0.0372. The molecule has 0 aliphatic carbocycles. The molecule has 0 spiro atoms. The number of nitrogens with zero attached hydrogens (tertiary/aromatic N) is 1. The number of carbonyl (C=O) groups excluding carboxylic acids is 1. The Hall–Kier alpha value is -2.00. The molecule has 2 rings (SSSR count). The van der Waals surface area contributed by atoms with Crippen LogP contribution in [0.4, 0.5) is 0 Å². The lowest BCUT2D eigenvalue weighted by atomic mass is 10.1. The lowest BCUT2D eigenvalue weighted by Gasteiger charge is -2.18. The predicted octanol–water partition coefficient (Wildman–Crippen LogP) is 4.38. The first-order valence-corrected chi connectivity index (χ1v) is 8.02. The number of amides is 1. The molecule has 0 radical (unpaired) electrons. The number of benzene rings is 2. The first-order chi connectivity index (χ1) is 11.0. The summed E-state index contributed by atoms with van der Waals surface area (Å²) in [6.45, 7) is 4.90. The Kier molecular flexibility index (Phi) is 6.05. The van der Waals surface area contributed by atoms with Crippen molar-refractivity contribution in [1.82, 2.24) is 4.90 Å². The zero-order valence-corrected chi connectivity index (χ0v) is 14.6. The fourth-order valence-electron chi connectivity index (χ4n) is 2.27.